The van der Waals surface area contributed by atoms with E-state index in [0.29, 0.717) is 32.8 Å². The van der Waals surface area contributed by atoms with E-state index in [4.69, 9.17) is 9.47 Å². The Labute approximate surface area is 193 Å². The zero-order chi connectivity index (χ0) is 22.9. The minimum absolute atomic E-state index is 0.192. The number of carbonyl (C=O) groups is 1. The molecule has 0 N–H and O–H groups in total. The van der Waals surface area contributed by atoms with Crippen LogP contribution in [0.25, 0.3) is 0 Å². The molecule has 0 aliphatic carbocycles. The van der Waals surface area contributed by atoms with Crippen molar-refractivity contribution in [2.24, 2.45) is 5.41 Å². The minimum Gasteiger partial charge on any atom is -0.376 e. The lowest BCUT2D eigenvalue weighted by atomic mass is 9.80. The van der Waals surface area contributed by atoms with E-state index >= 15 is 0 Å². The molecule has 0 saturated heterocycles. The van der Waals surface area contributed by atoms with E-state index in [9.17, 15) is 4.79 Å². The zero-order valence-electron chi connectivity index (χ0n) is 19.2. The average molecular weight is 433 g/mol. The molecule has 32 heavy (non-hydrogen) atoms. The first-order valence-corrected chi connectivity index (χ1v) is 11.3. The first-order valence-electron chi connectivity index (χ1n) is 11.3. The van der Waals surface area contributed by atoms with Gasteiger partial charge in [0, 0.05) is 11.8 Å². The molecule has 3 nitrogen and oxygen atoms in total. The summed E-state index contributed by atoms with van der Waals surface area (Å²) in [4.78, 5) is 10.4. The van der Waals surface area contributed by atoms with Crippen molar-refractivity contribution in [3.05, 3.63) is 108 Å². The van der Waals surface area contributed by atoms with Gasteiger partial charge in [0.15, 0.2) is 0 Å². The number of carbonyl (C=O) groups excluding carboxylic acids is 1. The maximum absolute atomic E-state index is 10.4. The lowest BCUT2D eigenvalue weighted by Gasteiger charge is -2.33. The Bertz CT molecular complexity index is 792. The monoisotopic (exact) mass is 432 g/mol. The fourth-order valence-corrected chi connectivity index (χ4v) is 3.63. The molecule has 0 aliphatic rings. The molecule has 0 fully saturated rings. The number of hydrogen-bond acceptors (Lipinski definition) is 3. The quantitative estimate of drug-likeness (QED) is 0.126. The summed E-state index contributed by atoms with van der Waals surface area (Å²) in [6, 6.07) is 20.5. The second-order valence-electron chi connectivity index (χ2n) is 8.40. The van der Waals surface area contributed by atoms with E-state index in [2.05, 4.69) is 43.8 Å². The Hall–Kier alpha value is -2.75. The lowest BCUT2D eigenvalue weighted by molar-refractivity contribution is -0.107. The van der Waals surface area contributed by atoms with Gasteiger partial charge in [-0.25, -0.2) is 0 Å². The Morgan fingerprint density at radius 1 is 0.844 bits per heavy atom. The highest BCUT2D eigenvalue weighted by atomic mass is 16.5. The van der Waals surface area contributed by atoms with Crippen molar-refractivity contribution in [1.82, 2.24) is 0 Å². The van der Waals surface area contributed by atoms with Crippen molar-refractivity contribution < 1.29 is 14.3 Å². The first-order chi connectivity index (χ1) is 15.6. The highest BCUT2D eigenvalue weighted by Crippen LogP contribution is 2.32. The number of benzene rings is 2. The maximum Gasteiger partial charge on any atom is 0.120 e. The molecule has 0 heterocycles. The summed E-state index contributed by atoms with van der Waals surface area (Å²) in [6.07, 6.45) is 12.2. The molecule has 170 valence electrons. The van der Waals surface area contributed by atoms with Gasteiger partial charge in [0.05, 0.1) is 26.4 Å². The Morgan fingerprint density at radius 3 is 1.88 bits per heavy atom. The van der Waals surface area contributed by atoms with Crippen LogP contribution >= 0.6 is 0 Å². The SMILES string of the molecule is C=C(C)CC(C/C=C/C=C\CCC=O)(COCc1ccccc1)COCc1ccccc1. The van der Waals surface area contributed by atoms with Gasteiger partial charge in [-0.3, -0.25) is 0 Å². The molecule has 0 amide bonds. The number of rotatable bonds is 16. The van der Waals surface area contributed by atoms with Crippen LogP contribution in [-0.4, -0.2) is 19.5 Å². The Balaban J connectivity index is 2.05. The van der Waals surface area contributed by atoms with E-state index in [-0.39, 0.29) is 5.41 Å². The van der Waals surface area contributed by atoms with Crippen molar-refractivity contribution in [2.75, 3.05) is 13.2 Å². The summed E-state index contributed by atoms with van der Waals surface area (Å²) in [5.41, 5.74) is 3.25. The van der Waals surface area contributed by atoms with Crippen molar-refractivity contribution in [3.63, 3.8) is 0 Å². The van der Waals surface area contributed by atoms with Gasteiger partial charge in [-0.05, 0) is 37.3 Å². The lowest BCUT2D eigenvalue weighted by Crippen LogP contribution is -2.32. The van der Waals surface area contributed by atoms with E-state index in [1.54, 1.807) is 0 Å². The van der Waals surface area contributed by atoms with Crippen molar-refractivity contribution >= 4 is 6.29 Å². The van der Waals surface area contributed by atoms with E-state index in [1.165, 1.54) is 0 Å². The van der Waals surface area contributed by atoms with Gasteiger partial charge in [0.2, 0.25) is 0 Å². The van der Waals surface area contributed by atoms with Gasteiger partial charge in [0.1, 0.15) is 6.29 Å². The molecule has 0 aliphatic heterocycles. The summed E-state index contributed by atoms with van der Waals surface area (Å²) in [6.45, 7) is 8.55. The van der Waals surface area contributed by atoms with Gasteiger partial charge in [-0.15, -0.1) is 6.58 Å². The van der Waals surface area contributed by atoms with Crippen LogP contribution < -0.4 is 0 Å². The van der Waals surface area contributed by atoms with Crippen LogP contribution in [0.2, 0.25) is 0 Å². The highest BCUT2D eigenvalue weighted by Gasteiger charge is 2.30. The van der Waals surface area contributed by atoms with Gasteiger partial charge in [-0.2, -0.15) is 0 Å². The molecule has 2 aromatic carbocycles. The van der Waals surface area contributed by atoms with Crippen LogP contribution in [0.5, 0.6) is 0 Å². The number of hydrogen-bond donors (Lipinski definition) is 0. The van der Waals surface area contributed by atoms with Crippen LogP contribution in [0, 0.1) is 5.41 Å². The predicted octanol–water partition coefficient (Wildman–Crippen LogP) is 6.85. The fourth-order valence-electron chi connectivity index (χ4n) is 3.63. The number of ether oxygens (including phenoxy) is 2. The largest absolute Gasteiger partial charge is 0.376 e. The van der Waals surface area contributed by atoms with Gasteiger partial charge in [0.25, 0.3) is 0 Å². The minimum atomic E-state index is -0.192. The zero-order valence-corrected chi connectivity index (χ0v) is 19.2. The molecule has 0 unspecified atom stereocenters. The molecule has 0 aromatic heterocycles. The fraction of sp³-hybridized carbons (Fsp3) is 0.345. The summed E-state index contributed by atoms with van der Waals surface area (Å²) in [5.74, 6) is 0. The third-order valence-corrected chi connectivity index (χ3v) is 5.10. The summed E-state index contributed by atoms with van der Waals surface area (Å²) >= 11 is 0. The molecule has 2 aromatic rings. The summed E-state index contributed by atoms with van der Waals surface area (Å²) < 4.78 is 12.4. The number of unbranched alkanes of at least 4 members (excludes halogenated alkanes) is 1. The van der Waals surface area contributed by atoms with Crippen LogP contribution in [0.15, 0.2) is 97.1 Å². The van der Waals surface area contributed by atoms with Crippen molar-refractivity contribution in [3.8, 4) is 0 Å². The Morgan fingerprint density at radius 2 is 1.38 bits per heavy atom. The Kier molecular flexibility index (Phi) is 12.1. The van der Waals surface area contributed by atoms with Crippen molar-refractivity contribution in [2.45, 2.75) is 45.8 Å². The molecular weight excluding hydrogens is 396 g/mol. The third-order valence-electron chi connectivity index (χ3n) is 5.10. The molecule has 0 saturated carbocycles. The molecule has 0 atom stereocenters. The maximum atomic E-state index is 10.4. The van der Waals surface area contributed by atoms with Crippen molar-refractivity contribution in [1.29, 1.82) is 0 Å². The second kappa shape index (κ2) is 15.1. The molecule has 0 bridgehead atoms. The van der Waals surface area contributed by atoms with Gasteiger partial charge >= 0.3 is 0 Å². The molecule has 0 radical (unpaired) electrons. The van der Waals surface area contributed by atoms with E-state index < -0.39 is 0 Å². The van der Waals surface area contributed by atoms with Crippen LogP contribution in [0.4, 0.5) is 0 Å². The topological polar surface area (TPSA) is 35.5 Å². The number of allylic oxidation sites excluding steroid dienone is 5. The van der Waals surface area contributed by atoms with Crippen LogP contribution in [0.3, 0.4) is 0 Å². The summed E-state index contributed by atoms with van der Waals surface area (Å²) in [7, 11) is 0. The number of aldehydes is 1. The van der Waals surface area contributed by atoms with Crippen LogP contribution in [-0.2, 0) is 27.5 Å². The average Bonchev–Trinajstić information content (AvgIpc) is 2.79. The predicted molar refractivity (Wildman–Crippen MR) is 132 cm³/mol. The van der Waals surface area contributed by atoms with E-state index in [1.807, 2.05) is 54.6 Å². The highest BCUT2D eigenvalue weighted by molar-refractivity contribution is 5.49. The van der Waals surface area contributed by atoms with Gasteiger partial charge < -0.3 is 14.3 Å². The molecule has 0 spiro atoms. The smallest absolute Gasteiger partial charge is 0.120 e. The first kappa shape index (κ1) is 25.5. The normalized spacial score (nSPS) is 11.9. The second-order valence-corrected chi connectivity index (χ2v) is 8.40. The van der Waals surface area contributed by atoms with E-state index in [0.717, 1.165) is 42.2 Å². The molecule has 2 rings (SSSR count). The third kappa shape index (κ3) is 10.5. The molecule has 3 heteroatoms. The molecular formula is C29H36O3. The van der Waals surface area contributed by atoms with Crippen LogP contribution in [0.1, 0.15) is 43.7 Å². The standard InChI is InChI=1S/C29H36O3/c1-26(2)21-29(19-13-5-3-4-6-14-20-30,24-31-22-27-15-9-7-10-16-27)25-32-23-28-17-11-8-12-18-28/h3-5,7-13,15-18,20H,1,6,14,19,21-25H2,2H3/b4-3-,13-5+. The van der Waals surface area contributed by atoms with Gasteiger partial charge in [-0.1, -0.05) is 90.5 Å². The summed E-state index contributed by atoms with van der Waals surface area (Å²) in [5, 5.41) is 0.